The summed E-state index contributed by atoms with van der Waals surface area (Å²) in [6.07, 6.45) is 0.718. The molecule has 2 heterocycles. The number of benzene rings is 3. The van der Waals surface area contributed by atoms with Gasteiger partial charge in [-0.05, 0) is 55.0 Å². The molecule has 5 aromatic rings. The first-order valence-electron chi connectivity index (χ1n) is 10.1. The van der Waals surface area contributed by atoms with E-state index in [-0.39, 0.29) is 11.2 Å². The Morgan fingerprint density at radius 3 is 2.47 bits per heavy atom. The van der Waals surface area contributed by atoms with Crippen LogP contribution in [-0.2, 0) is 0 Å². The largest absolute Gasteiger partial charge is 0.486 e. The average molecular weight is 508 g/mol. The lowest BCUT2D eigenvalue weighted by Crippen LogP contribution is -2.11. The number of rotatable bonds is 7. The SMILES string of the molecule is O=c1c(OCCCSc2nc3ccccc3o2)c(-c2ccc(Br)cc2)oc2ccccc12. The van der Waals surface area contributed by atoms with Crippen molar-refractivity contribution in [1.82, 2.24) is 4.98 Å². The zero-order chi connectivity index (χ0) is 21.9. The Hall–Kier alpha value is -3.03. The number of hydrogen-bond donors (Lipinski definition) is 0. The Morgan fingerprint density at radius 1 is 0.906 bits per heavy atom. The summed E-state index contributed by atoms with van der Waals surface area (Å²) in [5.74, 6) is 1.42. The standard InChI is InChI=1S/C25H18BrNO4S/c26-17-12-10-16(11-13-17)23-24(22(28)18-6-1-3-8-20(18)30-23)29-14-5-15-32-25-27-19-7-2-4-9-21(19)31-25/h1-4,6-13H,5,14-15H2. The molecule has 32 heavy (non-hydrogen) atoms. The highest BCUT2D eigenvalue weighted by molar-refractivity contribution is 9.10. The van der Waals surface area contributed by atoms with Crippen molar-refractivity contribution in [1.29, 1.82) is 0 Å². The molecule has 0 amide bonds. The van der Waals surface area contributed by atoms with Crippen LogP contribution in [0.5, 0.6) is 5.75 Å². The van der Waals surface area contributed by atoms with Crippen LogP contribution in [0.2, 0.25) is 0 Å². The summed E-state index contributed by atoms with van der Waals surface area (Å²) < 4.78 is 18.7. The number of para-hydroxylation sites is 3. The number of thioether (sulfide) groups is 1. The summed E-state index contributed by atoms with van der Waals surface area (Å²) >= 11 is 4.97. The zero-order valence-electron chi connectivity index (χ0n) is 16.9. The van der Waals surface area contributed by atoms with Crippen LogP contribution >= 0.6 is 27.7 Å². The van der Waals surface area contributed by atoms with Crippen molar-refractivity contribution in [2.24, 2.45) is 0 Å². The van der Waals surface area contributed by atoms with Gasteiger partial charge in [-0.25, -0.2) is 4.98 Å². The number of aromatic nitrogens is 1. The average Bonchev–Trinajstić information content (AvgIpc) is 3.23. The molecule has 160 valence electrons. The first-order chi connectivity index (χ1) is 15.7. The van der Waals surface area contributed by atoms with Gasteiger partial charge in [0.2, 0.25) is 11.2 Å². The van der Waals surface area contributed by atoms with Gasteiger partial charge < -0.3 is 13.6 Å². The lowest BCUT2D eigenvalue weighted by Gasteiger charge is -2.11. The van der Waals surface area contributed by atoms with Crippen molar-refractivity contribution >= 4 is 49.8 Å². The van der Waals surface area contributed by atoms with Gasteiger partial charge in [-0.3, -0.25) is 4.79 Å². The summed E-state index contributed by atoms with van der Waals surface area (Å²) in [7, 11) is 0. The van der Waals surface area contributed by atoms with E-state index in [4.69, 9.17) is 13.6 Å². The fourth-order valence-electron chi connectivity index (χ4n) is 3.35. The molecule has 3 aromatic carbocycles. The normalized spacial score (nSPS) is 11.3. The second-order valence-corrected chi connectivity index (χ2v) is 9.05. The summed E-state index contributed by atoms with van der Waals surface area (Å²) in [4.78, 5) is 17.6. The number of fused-ring (bicyclic) bond motifs is 2. The van der Waals surface area contributed by atoms with E-state index < -0.39 is 0 Å². The van der Waals surface area contributed by atoms with Gasteiger partial charge in [-0.2, -0.15) is 0 Å². The Balaban J connectivity index is 1.33. The fraction of sp³-hybridized carbons (Fsp3) is 0.120. The minimum absolute atomic E-state index is 0.170. The highest BCUT2D eigenvalue weighted by atomic mass is 79.9. The van der Waals surface area contributed by atoms with E-state index in [0.717, 1.165) is 33.3 Å². The monoisotopic (exact) mass is 507 g/mol. The minimum Gasteiger partial charge on any atom is -0.486 e. The molecule has 2 aromatic heterocycles. The maximum absolute atomic E-state index is 13.1. The van der Waals surface area contributed by atoms with Crippen LogP contribution in [0.4, 0.5) is 0 Å². The first-order valence-corrected chi connectivity index (χ1v) is 11.9. The van der Waals surface area contributed by atoms with E-state index in [9.17, 15) is 4.79 Å². The van der Waals surface area contributed by atoms with Crippen molar-refractivity contribution < 1.29 is 13.6 Å². The molecular weight excluding hydrogens is 490 g/mol. The molecule has 0 saturated carbocycles. The number of oxazole rings is 1. The molecule has 5 nitrogen and oxygen atoms in total. The molecule has 0 saturated heterocycles. The molecule has 5 rings (SSSR count). The highest BCUT2D eigenvalue weighted by Crippen LogP contribution is 2.32. The number of nitrogens with zero attached hydrogens (tertiary/aromatic N) is 1. The van der Waals surface area contributed by atoms with Crippen LogP contribution in [0.25, 0.3) is 33.4 Å². The predicted octanol–water partition coefficient (Wildman–Crippen LogP) is 6.92. The fourth-order valence-corrected chi connectivity index (χ4v) is 4.37. The quantitative estimate of drug-likeness (QED) is 0.176. The van der Waals surface area contributed by atoms with Crippen LogP contribution < -0.4 is 10.2 Å². The van der Waals surface area contributed by atoms with Crippen molar-refractivity contribution in [3.8, 4) is 17.1 Å². The summed E-state index contributed by atoms with van der Waals surface area (Å²) in [6.45, 7) is 0.375. The van der Waals surface area contributed by atoms with Gasteiger partial charge in [0, 0.05) is 15.8 Å². The zero-order valence-corrected chi connectivity index (χ0v) is 19.3. The van der Waals surface area contributed by atoms with Gasteiger partial charge in [0.05, 0.1) is 12.0 Å². The van der Waals surface area contributed by atoms with Gasteiger partial charge in [-0.15, -0.1) is 0 Å². The molecular formula is C25H18BrNO4S. The van der Waals surface area contributed by atoms with Gasteiger partial charge >= 0.3 is 0 Å². The number of hydrogen-bond acceptors (Lipinski definition) is 6. The van der Waals surface area contributed by atoms with E-state index in [1.807, 2.05) is 60.7 Å². The Kier molecular flexibility index (Phi) is 6.01. The van der Waals surface area contributed by atoms with Gasteiger partial charge in [-0.1, -0.05) is 52.0 Å². The topological polar surface area (TPSA) is 65.5 Å². The maximum atomic E-state index is 13.1. The molecule has 0 aliphatic heterocycles. The van der Waals surface area contributed by atoms with Crippen LogP contribution in [0.3, 0.4) is 0 Å². The molecule has 0 aliphatic carbocycles. The van der Waals surface area contributed by atoms with Crippen LogP contribution in [-0.4, -0.2) is 17.3 Å². The second-order valence-electron chi connectivity index (χ2n) is 7.09. The molecule has 0 bridgehead atoms. The van der Waals surface area contributed by atoms with E-state index in [0.29, 0.717) is 28.6 Å². The molecule has 0 unspecified atom stereocenters. The Morgan fingerprint density at radius 2 is 1.66 bits per heavy atom. The van der Waals surface area contributed by atoms with Crippen LogP contribution in [0.1, 0.15) is 6.42 Å². The molecule has 0 spiro atoms. The highest BCUT2D eigenvalue weighted by Gasteiger charge is 2.17. The maximum Gasteiger partial charge on any atom is 0.256 e. The Bertz CT molecular complexity index is 1410. The molecule has 0 fully saturated rings. The number of ether oxygens (including phenoxy) is 1. The van der Waals surface area contributed by atoms with E-state index in [1.165, 1.54) is 11.8 Å². The first kappa shape index (κ1) is 20.8. The predicted molar refractivity (Wildman–Crippen MR) is 130 cm³/mol. The lowest BCUT2D eigenvalue weighted by atomic mass is 10.1. The molecule has 0 N–H and O–H groups in total. The molecule has 0 aliphatic rings. The van der Waals surface area contributed by atoms with E-state index in [1.54, 1.807) is 12.1 Å². The molecule has 7 heteroatoms. The molecule has 0 radical (unpaired) electrons. The summed E-state index contributed by atoms with van der Waals surface area (Å²) in [6, 6.07) is 22.5. The van der Waals surface area contributed by atoms with Crippen LogP contribution in [0, 0.1) is 0 Å². The van der Waals surface area contributed by atoms with E-state index in [2.05, 4.69) is 20.9 Å². The third kappa shape index (κ3) is 4.31. The van der Waals surface area contributed by atoms with E-state index >= 15 is 0 Å². The van der Waals surface area contributed by atoms with Crippen LogP contribution in [0.15, 0.2) is 96.1 Å². The van der Waals surface area contributed by atoms with Gasteiger partial charge in [0.1, 0.15) is 11.1 Å². The van der Waals surface area contributed by atoms with Crippen molar-refractivity contribution in [2.75, 3.05) is 12.4 Å². The van der Waals surface area contributed by atoms with Crippen molar-refractivity contribution in [3.05, 3.63) is 87.5 Å². The van der Waals surface area contributed by atoms with Gasteiger partial charge in [0.15, 0.2) is 11.3 Å². The van der Waals surface area contributed by atoms with Gasteiger partial charge in [0.25, 0.3) is 5.22 Å². The third-order valence-electron chi connectivity index (χ3n) is 4.90. The lowest BCUT2D eigenvalue weighted by molar-refractivity contribution is 0.310. The molecule has 0 atom stereocenters. The second kappa shape index (κ2) is 9.22. The third-order valence-corrected chi connectivity index (χ3v) is 6.34. The van der Waals surface area contributed by atoms with Crippen molar-refractivity contribution in [2.45, 2.75) is 11.6 Å². The number of halogens is 1. The minimum atomic E-state index is -0.170. The van der Waals surface area contributed by atoms with Crippen molar-refractivity contribution in [3.63, 3.8) is 0 Å². The Labute approximate surface area is 196 Å². The summed E-state index contributed by atoms with van der Waals surface area (Å²) in [5, 5.41) is 1.14. The smallest absolute Gasteiger partial charge is 0.256 e. The summed E-state index contributed by atoms with van der Waals surface area (Å²) in [5.41, 5.74) is 2.77.